The van der Waals surface area contributed by atoms with Crippen LogP contribution in [0.5, 0.6) is 0 Å². The van der Waals surface area contributed by atoms with Gasteiger partial charge in [-0.15, -0.1) is 0 Å². The number of rotatable bonds is 2. The highest BCUT2D eigenvalue weighted by Crippen LogP contribution is 2.19. The van der Waals surface area contributed by atoms with Gasteiger partial charge in [0.25, 0.3) is 0 Å². The van der Waals surface area contributed by atoms with Crippen molar-refractivity contribution in [3.63, 3.8) is 0 Å². The lowest BCUT2D eigenvalue weighted by Crippen LogP contribution is -2.22. The zero-order valence-electron chi connectivity index (χ0n) is 7.72. The maximum atomic E-state index is 12.8. The molecule has 3 nitrogen and oxygen atoms in total. The van der Waals surface area contributed by atoms with E-state index in [4.69, 9.17) is 5.73 Å². The Balaban J connectivity index is 2.78. The molecule has 0 atom stereocenters. The summed E-state index contributed by atoms with van der Waals surface area (Å²) in [6.07, 6.45) is 0. The van der Waals surface area contributed by atoms with E-state index in [0.717, 1.165) is 0 Å². The molecule has 0 aliphatic heterocycles. The van der Waals surface area contributed by atoms with E-state index in [9.17, 15) is 4.39 Å². The molecule has 76 valence electrons. The molecule has 0 saturated heterocycles. The van der Waals surface area contributed by atoms with Crippen molar-refractivity contribution < 1.29 is 4.39 Å². The zero-order chi connectivity index (χ0) is 10.6. The summed E-state index contributed by atoms with van der Waals surface area (Å²) >= 11 is 3.08. The largest absolute Gasteiger partial charge is 0.370 e. The molecule has 0 aliphatic carbocycles. The molecule has 1 rings (SSSR count). The third-order valence-corrected chi connectivity index (χ3v) is 2.13. The molecular formula is C9H11BrFN3. The minimum absolute atomic E-state index is 0.304. The summed E-state index contributed by atoms with van der Waals surface area (Å²) in [5, 5.41) is 2.84. The predicted octanol–water partition coefficient (Wildman–Crippen LogP) is 2.33. The van der Waals surface area contributed by atoms with Crippen LogP contribution in [-0.2, 0) is 0 Å². The normalized spacial score (nSPS) is 11.5. The summed E-state index contributed by atoms with van der Waals surface area (Å²) in [6, 6.07) is 4.55. The standard InChI is InChI=1S/C9H11BrFN3/c1-2-13-9(12)14-6-3-4-8(11)7(10)5-6/h3-5H,2H2,1H3,(H3,12,13,14). The summed E-state index contributed by atoms with van der Waals surface area (Å²) in [6.45, 7) is 2.50. The average Bonchev–Trinajstić information content (AvgIpc) is 2.12. The minimum atomic E-state index is -0.304. The number of guanidine groups is 1. The van der Waals surface area contributed by atoms with Gasteiger partial charge in [-0.05, 0) is 41.1 Å². The molecule has 1 aromatic rings. The highest BCUT2D eigenvalue weighted by Gasteiger charge is 2.00. The number of hydrogen-bond acceptors (Lipinski definition) is 1. The summed E-state index contributed by atoms with van der Waals surface area (Å²) in [4.78, 5) is 3.95. The average molecular weight is 260 g/mol. The number of hydrogen-bond donors (Lipinski definition) is 2. The Morgan fingerprint density at radius 2 is 2.36 bits per heavy atom. The third-order valence-electron chi connectivity index (χ3n) is 1.52. The molecule has 0 radical (unpaired) electrons. The molecule has 14 heavy (non-hydrogen) atoms. The van der Waals surface area contributed by atoms with E-state index in [0.29, 0.717) is 22.7 Å². The van der Waals surface area contributed by atoms with Crippen LogP contribution in [0.25, 0.3) is 0 Å². The molecule has 0 fully saturated rings. The first-order chi connectivity index (χ1) is 6.63. The Bertz CT molecular complexity index is 352. The Morgan fingerprint density at radius 1 is 1.64 bits per heavy atom. The summed E-state index contributed by atoms with van der Waals surface area (Å²) in [7, 11) is 0. The number of aliphatic imine (C=N–C) groups is 1. The fourth-order valence-corrected chi connectivity index (χ4v) is 1.31. The van der Waals surface area contributed by atoms with Gasteiger partial charge in [-0.2, -0.15) is 0 Å². The molecule has 0 bridgehead atoms. The van der Waals surface area contributed by atoms with E-state index in [1.165, 1.54) is 6.07 Å². The SMILES string of the molecule is CCN=C(N)Nc1ccc(F)c(Br)c1. The molecule has 1 aromatic carbocycles. The van der Waals surface area contributed by atoms with Gasteiger partial charge in [0.2, 0.25) is 0 Å². The first-order valence-corrected chi connectivity index (χ1v) is 4.94. The second-order valence-corrected chi connectivity index (χ2v) is 3.47. The van der Waals surface area contributed by atoms with Crippen LogP contribution in [0.2, 0.25) is 0 Å². The molecule has 5 heteroatoms. The Labute approximate surface area is 90.3 Å². The van der Waals surface area contributed by atoms with E-state index in [1.54, 1.807) is 12.1 Å². The van der Waals surface area contributed by atoms with E-state index >= 15 is 0 Å². The van der Waals surface area contributed by atoms with E-state index in [-0.39, 0.29) is 5.82 Å². The first kappa shape index (κ1) is 11.0. The molecule has 0 spiro atoms. The van der Waals surface area contributed by atoms with Gasteiger partial charge in [0.1, 0.15) is 5.82 Å². The molecule has 0 amide bonds. The maximum absolute atomic E-state index is 12.8. The van der Waals surface area contributed by atoms with Crippen molar-refractivity contribution in [1.29, 1.82) is 0 Å². The van der Waals surface area contributed by atoms with Crippen LogP contribution in [0.1, 0.15) is 6.92 Å². The minimum Gasteiger partial charge on any atom is -0.370 e. The number of nitrogens with zero attached hydrogens (tertiary/aromatic N) is 1. The maximum Gasteiger partial charge on any atom is 0.193 e. The van der Waals surface area contributed by atoms with Crippen molar-refractivity contribution in [3.8, 4) is 0 Å². The number of benzene rings is 1. The van der Waals surface area contributed by atoms with Crippen molar-refractivity contribution in [3.05, 3.63) is 28.5 Å². The molecule has 0 unspecified atom stereocenters. The number of nitrogens with one attached hydrogen (secondary N) is 1. The molecule has 3 N–H and O–H groups in total. The van der Waals surface area contributed by atoms with Gasteiger partial charge in [0.05, 0.1) is 4.47 Å². The van der Waals surface area contributed by atoms with Crippen LogP contribution < -0.4 is 11.1 Å². The Hall–Kier alpha value is -1.10. The van der Waals surface area contributed by atoms with E-state index in [1.807, 2.05) is 6.92 Å². The van der Waals surface area contributed by atoms with Crippen LogP contribution in [0.15, 0.2) is 27.7 Å². The fraction of sp³-hybridized carbons (Fsp3) is 0.222. The number of anilines is 1. The molecule has 0 aromatic heterocycles. The van der Waals surface area contributed by atoms with Crippen LogP contribution in [-0.4, -0.2) is 12.5 Å². The van der Waals surface area contributed by atoms with Crippen LogP contribution in [0.4, 0.5) is 10.1 Å². The van der Waals surface area contributed by atoms with Crippen molar-refractivity contribution in [2.24, 2.45) is 10.7 Å². The lowest BCUT2D eigenvalue weighted by atomic mass is 10.3. The second kappa shape index (κ2) is 4.95. The number of nitrogens with two attached hydrogens (primary N) is 1. The van der Waals surface area contributed by atoms with Crippen molar-refractivity contribution in [2.45, 2.75) is 6.92 Å². The van der Waals surface area contributed by atoms with Gasteiger partial charge in [0, 0.05) is 12.2 Å². The zero-order valence-corrected chi connectivity index (χ0v) is 9.31. The van der Waals surface area contributed by atoms with Crippen molar-refractivity contribution in [1.82, 2.24) is 0 Å². The monoisotopic (exact) mass is 259 g/mol. The smallest absolute Gasteiger partial charge is 0.193 e. The fourth-order valence-electron chi connectivity index (χ4n) is 0.932. The quantitative estimate of drug-likeness (QED) is 0.633. The van der Waals surface area contributed by atoms with Crippen LogP contribution in [0, 0.1) is 5.82 Å². The van der Waals surface area contributed by atoms with Crippen molar-refractivity contribution >= 4 is 27.6 Å². The Morgan fingerprint density at radius 3 is 2.93 bits per heavy atom. The summed E-state index contributed by atoms with van der Waals surface area (Å²) in [5.74, 6) is 0.0209. The lowest BCUT2D eigenvalue weighted by Gasteiger charge is -2.05. The van der Waals surface area contributed by atoms with Gasteiger partial charge < -0.3 is 11.1 Å². The van der Waals surface area contributed by atoms with Gasteiger partial charge in [-0.1, -0.05) is 0 Å². The Kier molecular flexibility index (Phi) is 3.88. The third kappa shape index (κ3) is 2.99. The second-order valence-electron chi connectivity index (χ2n) is 2.61. The van der Waals surface area contributed by atoms with Crippen molar-refractivity contribution in [2.75, 3.05) is 11.9 Å². The molecule has 0 heterocycles. The van der Waals surface area contributed by atoms with Gasteiger partial charge >= 0.3 is 0 Å². The molecule has 0 aliphatic rings. The molecular weight excluding hydrogens is 249 g/mol. The topological polar surface area (TPSA) is 50.4 Å². The number of halogens is 2. The van der Waals surface area contributed by atoms with Gasteiger partial charge in [-0.25, -0.2) is 4.39 Å². The molecule has 0 saturated carbocycles. The van der Waals surface area contributed by atoms with E-state index < -0.39 is 0 Å². The van der Waals surface area contributed by atoms with Gasteiger partial charge in [-0.3, -0.25) is 4.99 Å². The lowest BCUT2D eigenvalue weighted by molar-refractivity contribution is 0.621. The highest BCUT2D eigenvalue weighted by molar-refractivity contribution is 9.10. The summed E-state index contributed by atoms with van der Waals surface area (Å²) in [5.41, 5.74) is 6.24. The van der Waals surface area contributed by atoms with Crippen LogP contribution in [0.3, 0.4) is 0 Å². The van der Waals surface area contributed by atoms with Gasteiger partial charge in [0.15, 0.2) is 5.96 Å². The summed E-state index contributed by atoms with van der Waals surface area (Å²) < 4.78 is 13.2. The van der Waals surface area contributed by atoms with Crippen LogP contribution >= 0.6 is 15.9 Å². The van der Waals surface area contributed by atoms with E-state index in [2.05, 4.69) is 26.2 Å². The first-order valence-electron chi connectivity index (χ1n) is 4.15. The highest BCUT2D eigenvalue weighted by atomic mass is 79.9. The predicted molar refractivity (Wildman–Crippen MR) is 59.9 cm³/mol.